The summed E-state index contributed by atoms with van der Waals surface area (Å²) in [6.45, 7) is 1.46. The van der Waals surface area contributed by atoms with Crippen LogP contribution < -0.4 is 4.72 Å². The molecule has 0 heterocycles. The van der Waals surface area contributed by atoms with Gasteiger partial charge in [-0.2, -0.15) is 13.2 Å². The Morgan fingerprint density at radius 3 is 2.43 bits per heavy atom. The van der Waals surface area contributed by atoms with Gasteiger partial charge in [0.25, 0.3) is 10.0 Å². The molecule has 0 aliphatic rings. The van der Waals surface area contributed by atoms with Crippen molar-refractivity contribution in [1.82, 2.24) is 0 Å². The Morgan fingerprint density at radius 1 is 1.17 bits per heavy atom. The van der Waals surface area contributed by atoms with Gasteiger partial charge in [-0.1, -0.05) is 17.7 Å². The normalized spacial score (nSPS) is 12.2. The van der Waals surface area contributed by atoms with Crippen molar-refractivity contribution in [2.24, 2.45) is 0 Å². The third kappa shape index (κ3) is 3.70. The molecule has 0 fully saturated rings. The van der Waals surface area contributed by atoms with E-state index in [-0.39, 0.29) is 15.5 Å². The van der Waals surface area contributed by atoms with Gasteiger partial charge in [0.1, 0.15) is 5.75 Å². The van der Waals surface area contributed by atoms with Crippen molar-refractivity contribution in [3.8, 4) is 5.75 Å². The van der Waals surface area contributed by atoms with Crippen molar-refractivity contribution in [1.29, 1.82) is 0 Å². The molecule has 0 spiro atoms. The smallest absolute Gasteiger partial charge is 0.416 e. The van der Waals surface area contributed by atoms with Crippen LogP contribution in [-0.2, 0) is 16.2 Å². The van der Waals surface area contributed by atoms with Crippen LogP contribution in [0.2, 0.25) is 5.02 Å². The number of phenols is 1. The first-order chi connectivity index (χ1) is 10.5. The summed E-state index contributed by atoms with van der Waals surface area (Å²) >= 11 is 5.85. The standard InChI is InChI=1S/C14H11ClF3NO3S/c1-8-10(15)3-2-4-13(8)23(21,22)19-11-7-9(14(16,17)18)5-6-12(11)20/h2-7,19-20H,1H3. The van der Waals surface area contributed by atoms with Crippen molar-refractivity contribution >= 4 is 27.3 Å². The van der Waals surface area contributed by atoms with Gasteiger partial charge in [-0.3, -0.25) is 4.72 Å². The molecule has 0 aliphatic heterocycles. The van der Waals surface area contributed by atoms with Crippen LogP contribution >= 0.6 is 11.6 Å². The molecular weight excluding hydrogens is 355 g/mol. The molecule has 0 amide bonds. The Bertz CT molecular complexity index is 851. The number of rotatable bonds is 3. The molecule has 0 radical (unpaired) electrons. The highest BCUT2D eigenvalue weighted by Gasteiger charge is 2.31. The van der Waals surface area contributed by atoms with Crippen molar-refractivity contribution in [3.63, 3.8) is 0 Å². The number of sulfonamides is 1. The fraction of sp³-hybridized carbons (Fsp3) is 0.143. The second-order valence-electron chi connectivity index (χ2n) is 4.70. The first-order valence-electron chi connectivity index (χ1n) is 6.20. The lowest BCUT2D eigenvalue weighted by atomic mass is 10.2. The Morgan fingerprint density at radius 2 is 1.83 bits per heavy atom. The third-order valence-corrected chi connectivity index (χ3v) is 5.00. The predicted molar refractivity (Wildman–Crippen MR) is 80.1 cm³/mol. The van der Waals surface area contributed by atoms with Gasteiger partial charge in [0.05, 0.1) is 16.1 Å². The quantitative estimate of drug-likeness (QED) is 0.802. The van der Waals surface area contributed by atoms with Crippen LogP contribution in [0.15, 0.2) is 41.3 Å². The Hall–Kier alpha value is -1.93. The molecular formula is C14H11ClF3NO3S. The summed E-state index contributed by atoms with van der Waals surface area (Å²) in [7, 11) is -4.21. The fourth-order valence-corrected chi connectivity index (χ4v) is 3.44. The molecule has 2 aromatic carbocycles. The number of benzene rings is 2. The second-order valence-corrected chi connectivity index (χ2v) is 6.76. The maximum absolute atomic E-state index is 12.7. The highest BCUT2D eigenvalue weighted by atomic mass is 35.5. The van der Waals surface area contributed by atoms with Crippen molar-refractivity contribution < 1.29 is 26.7 Å². The van der Waals surface area contributed by atoms with Crippen LogP contribution in [0.4, 0.5) is 18.9 Å². The van der Waals surface area contributed by atoms with E-state index in [2.05, 4.69) is 0 Å². The van der Waals surface area contributed by atoms with Crippen molar-refractivity contribution in [3.05, 3.63) is 52.5 Å². The van der Waals surface area contributed by atoms with E-state index in [1.807, 2.05) is 4.72 Å². The number of phenolic OH excluding ortho intramolecular Hbond substituents is 1. The fourth-order valence-electron chi connectivity index (χ4n) is 1.87. The first-order valence-corrected chi connectivity index (χ1v) is 8.06. The molecule has 0 bridgehead atoms. The Balaban J connectivity index is 2.47. The lowest BCUT2D eigenvalue weighted by molar-refractivity contribution is -0.137. The monoisotopic (exact) mass is 365 g/mol. The number of nitrogens with one attached hydrogen (secondary N) is 1. The van der Waals surface area contributed by atoms with Crippen LogP contribution in [0.5, 0.6) is 5.75 Å². The number of halogens is 4. The Kier molecular flexibility index (Phi) is 4.50. The molecule has 0 unspecified atom stereocenters. The van der Waals surface area contributed by atoms with E-state index in [1.54, 1.807) is 0 Å². The molecule has 23 heavy (non-hydrogen) atoms. The highest BCUT2D eigenvalue weighted by Crippen LogP contribution is 2.35. The molecule has 4 nitrogen and oxygen atoms in total. The van der Waals surface area contributed by atoms with Crippen LogP contribution in [0.25, 0.3) is 0 Å². The number of hydrogen-bond acceptors (Lipinski definition) is 3. The van der Waals surface area contributed by atoms with Crippen molar-refractivity contribution in [2.45, 2.75) is 18.0 Å². The SMILES string of the molecule is Cc1c(Cl)cccc1S(=O)(=O)Nc1cc(C(F)(F)F)ccc1O. The van der Waals surface area contributed by atoms with E-state index in [0.29, 0.717) is 12.1 Å². The number of alkyl halides is 3. The lowest BCUT2D eigenvalue weighted by Crippen LogP contribution is -2.15. The lowest BCUT2D eigenvalue weighted by Gasteiger charge is -2.14. The molecule has 2 aromatic rings. The minimum absolute atomic E-state index is 0.193. The van der Waals surface area contributed by atoms with E-state index in [1.165, 1.54) is 25.1 Å². The molecule has 2 N–H and O–H groups in total. The summed E-state index contributed by atoms with van der Waals surface area (Å²) in [5.41, 5.74) is -1.41. The van der Waals surface area contributed by atoms with Crippen LogP contribution in [0.1, 0.15) is 11.1 Å². The highest BCUT2D eigenvalue weighted by molar-refractivity contribution is 7.92. The molecule has 2 rings (SSSR count). The third-order valence-electron chi connectivity index (χ3n) is 3.08. The Labute approximate surface area is 135 Å². The van der Waals surface area contributed by atoms with Gasteiger partial charge in [0.15, 0.2) is 0 Å². The van der Waals surface area contributed by atoms with E-state index in [9.17, 15) is 26.7 Å². The largest absolute Gasteiger partial charge is 0.506 e. The molecule has 0 aromatic heterocycles. The zero-order valence-electron chi connectivity index (χ0n) is 11.6. The van der Waals surface area contributed by atoms with Gasteiger partial charge in [0.2, 0.25) is 0 Å². The molecule has 0 saturated heterocycles. The summed E-state index contributed by atoms with van der Waals surface area (Å²) in [6.07, 6.45) is -4.67. The number of anilines is 1. The summed E-state index contributed by atoms with van der Waals surface area (Å²) in [5, 5.41) is 9.81. The second kappa shape index (κ2) is 5.93. The van der Waals surface area contributed by atoms with Gasteiger partial charge in [-0.25, -0.2) is 8.42 Å². The summed E-state index contributed by atoms with van der Waals surface area (Å²) in [6, 6.07) is 6.08. The summed E-state index contributed by atoms with van der Waals surface area (Å²) in [5.74, 6) is -0.624. The van der Waals surface area contributed by atoms with E-state index in [0.717, 1.165) is 6.07 Å². The maximum Gasteiger partial charge on any atom is 0.416 e. The van der Waals surface area contributed by atoms with Gasteiger partial charge in [-0.15, -0.1) is 0 Å². The summed E-state index contributed by atoms with van der Waals surface area (Å²) < 4.78 is 64.7. The molecule has 9 heteroatoms. The zero-order valence-corrected chi connectivity index (χ0v) is 13.2. The average molecular weight is 366 g/mol. The van der Waals surface area contributed by atoms with Gasteiger partial charge < -0.3 is 5.11 Å². The van der Waals surface area contributed by atoms with Crippen molar-refractivity contribution in [2.75, 3.05) is 4.72 Å². The minimum atomic E-state index is -4.67. The molecule has 124 valence electrons. The number of hydrogen-bond donors (Lipinski definition) is 2. The van der Waals surface area contributed by atoms with E-state index >= 15 is 0 Å². The zero-order chi connectivity index (χ0) is 17.4. The minimum Gasteiger partial charge on any atom is -0.506 e. The molecule has 0 saturated carbocycles. The van der Waals surface area contributed by atoms with E-state index in [4.69, 9.17) is 11.6 Å². The molecule has 0 aliphatic carbocycles. The maximum atomic E-state index is 12.7. The van der Waals surface area contributed by atoms with E-state index < -0.39 is 33.2 Å². The summed E-state index contributed by atoms with van der Waals surface area (Å²) in [4.78, 5) is -0.193. The van der Waals surface area contributed by atoms with Gasteiger partial charge in [-0.05, 0) is 42.8 Å². The topological polar surface area (TPSA) is 66.4 Å². The van der Waals surface area contributed by atoms with Crippen LogP contribution in [0, 0.1) is 6.92 Å². The van der Waals surface area contributed by atoms with Crippen LogP contribution in [0.3, 0.4) is 0 Å². The predicted octanol–water partition coefficient (Wildman–Crippen LogP) is 4.17. The first kappa shape index (κ1) is 17.4. The average Bonchev–Trinajstić information content (AvgIpc) is 2.42. The van der Waals surface area contributed by atoms with Gasteiger partial charge >= 0.3 is 6.18 Å². The van der Waals surface area contributed by atoms with Gasteiger partial charge in [0, 0.05) is 5.02 Å². The molecule has 0 atom stereocenters. The number of aromatic hydroxyl groups is 1. The van der Waals surface area contributed by atoms with Crippen LogP contribution in [-0.4, -0.2) is 13.5 Å².